The SMILES string of the molecule is CC(C)c1ccc2c(c1)C(C)(C(C)C)CCO2. The molecule has 17 heavy (non-hydrogen) atoms. The smallest absolute Gasteiger partial charge is 0.123 e. The number of hydrogen-bond acceptors (Lipinski definition) is 1. The standard InChI is InChI=1S/C16H24O/c1-11(2)13-6-7-15-14(10-13)16(5,12(3)4)8-9-17-15/h6-7,10-12H,8-9H2,1-5H3. The van der Waals surface area contributed by atoms with Gasteiger partial charge in [-0.2, -0.15) is 0 Å². The molecule has 0 fully saturated rings. The molecule has 1 heterocycles. The van der Waals surface area contributed by atoms with Crippen molar-refractivity contribution in [1.29, 1.82) is 0 Å². The molecule has 1 aliphatic heterocycles. The van der Waals surface area contributed by atoms with Gasteiger partial charge in [0, 0.05) is 11.0 Å². The van der Waals surface area contributed by atoms with Crippen molar-refractivity contribution in [3.8, 4) is 5.75 Å². The van der Waals surface area contributed by atoms with Gasteiger partial charge in [0.1, 0.15) is 5.75 Å². The molecule has 0 N–H and O–H groups in total. The third-order valence-corrected chi connectivity index (χ3v) is 4.44. The molecule has 0 saturated heterocycles. The van der Waals surface area contributed by atoms with Gasteiger partial charge in [-0.05, 0) is 29.9 Å². The van der Waals surface area contributed by atoms with E-state index in [1.807, 2.05) is 0 Å². The summed E-state index contributed by atoms with van der Waals surface area (Å²) in [5, 5.41) is 0. The first kappa shape index (κ1) is 12.5. The third-order valence-electron chi connectivity index (χ3n) is 4.44. The molecule has 1 nitrogen and oxygen atoms in total. The van der Waals surface area contributed by atoms with Crippen LogP contribution in [0.5, 0.6) is 5.75 Å². The Morgan fingerprint density at radius 1 is 1.18 bits per heavy atom. The van der Waals surface area contributed by atoms with Gasteiger partial charge in [0.2, 0.25) is 0 Å². The van der Waals surface area contributed by atoms with E-state index in [1.165, 1.54) is 11.1 Å². The zero-order chi connectivity index (χ0) is 12.6. The minimum Gasteiger partial charge on any atom is -0.493 e. The predicted molar refractivity (Wildman–Crippen MR) is 72.8 cm³/mol. The third kappa shape index (κ3) is 2.08. The molecule has 1 atom stereocenters. The molecule has 0 aromatic heterocycles. The van der Waals surface area contributed by atoms with Crippen molar-refractivity contribution in [1.82, 2.24) is 0 Å². The van der Waals surface area contributed by atoms with Gasteiger partial charge >= 0.3 is 0 Å². The lowest BCUT2D eigenvalue weighted by molar-refractivity contribution is 0.187. The van der Waals surface area contributed by atoms with Gasteiger partial charge in [-0.3, -0.25) is 0 Å². The Morgan fingerprint density at radius 3 is 2.47 bits per heavy atom. The zero-order valence-electron chi connectivity index (χ0n) is 11.7. The second-order valence-corrected chi connectivity index (χ2v) is 6.08. The van der Waals surface area contributed by atoms with E-state index in [9.17, 15) is 0 Å². The van der Waals surface area contributed by atoms with Gasteiger partial charge < -0.3 is 4.74 Å². The van der Waals surface area contributed by atoms with E-state index in [1.54, 1.807) is 0 Å². The lowest BCUT2D eigenvalue weighted by atomic mass is 9.69. The maximum atomic E-state index is 5.80. The Labute approximate surface area is 105 Å². The molecular weight excluding hydrogens is 208 g/mol. The van der Waals surface area contributed by atoms with Crippen LogP contribution in [0.1, 0.15) is 58.1 Å². The molecule has 0 saturated carbocycles. The average Bonchev–Trinajstić information content (AvgIpc) is 2.28. The molecule has 0 spiro atoms. The average molecular weight is 232 g/mol. The van der Waals surface area contributed by atoms with Crippen LogP contribution >= 0.6 is 0 Å². The molecule has 1 aromatic rings. The largest absolute Gasteiger partial charge is 0.493 e. The van der Waals surface area contributed by atoms with Crippen LogP contribution in [0.4, 0.5) is 0 Å². The summed E-state index contributed by atoms with van der Waals surface area (Å²) in [5.74, 6) is 2.32. The molecule has 1 heteroatoms. The minimum absolute atomic E-state index is 0.262. The number of hydrogen-bond donors (Lipinski definition) is 0. The van der Waals surface area contributed by atoms with Gasteiger partial charge in [0.05, 0.1) is 6.61 Å². The van der Waals surface area contributed by atoms with Crippen molar-refractivity contribution in [2.75, 3.05) is 6.61 Å². The van der Waals surface area contributed by atoms with Crippen LogP contribution in [0, 0.1) is 5.92 Å². The van der Waals surface area contributed by atoms with Gasteiger partial charge in [0.25, 0.3) is 0 Å². The molecular formula is C16H24O. The maximum absolute atomic E-state index is 5.80. The Kier molecular flexibility index (Phi) is 3.20. The van der Waals surface area contributed by atoms with Gasteiger partial charge in [-0.25, -0.2) is 0 Å². The van der Waals surface area contributed by atoms with E-state index in [4.69, 9.17) is 4.74 Å². The summed E-state index contributed by atoms with van der Waals surface area (Å²) in [6.07, 6.45) is 1.12. The quantitative estimate of drug-likeness (QED) is 0.729. The summed E-state index contributed by atoms with van der Waals surface area (Å²) in [6, 6.07) is 6.72. The van der Waals surface area contributed by atoms with Crippen molar-refractivity contribution in [2.45, 2.75) is 52.4 Å². The van der Waals surface area contributed by atoms with Crippen LogP contribution in [0.2, 0.25) is 0 Å². The van der Waals surface area contributed by atoms with E-state index in [2.05, 4.69) is 52.8 Å². The first-order valence-electron chi connectivity index (χ1n) is 6.72. The first-order chi connectivity index (χ1) is 7.95. The Morgan fingerprint density at radius 2 is 1.88 bits per heavy atom. The molecule has 0 radical (unpaired) electrons. The summed E-state index contributed by atoms with van der Waals surface area (Å²) < 4.78 is 5.80. The predicted octanol–water partition coefficient (Wildman–Crippen LogP) is 4.51. The molecule has 94 valence electrons. The highest BCUT2D eigenvalue weighted by atomic mass is 16.5. The highest BCUT2D eigenvalue weighted by Gasteiger charge is 2.36. The number of benzene rings is 1. The van der Waals surface area contributed by atoms with Crippen LogP contribution < -0.4 is 4.74 Å². The van der Waals surface area contributed by atoms with Crippen molar-refractivity contribution >= 4 is 0 Å². The number of rotatable bonds is 2. The molecule has 0 amide bonds. The normalized spacial score (nSPS) is 23.7. The lowest BCUT2D eigenvalue weighted by Gasteiger charge is -2.39. The van der Waals surface area contributed by atoms with E-state index >= 15 is 0 Å². The van der Waals surface area contributed by atoms with E-state index in [0.29, 0.717) is 11.8 Å². The maximum Gasteiger partial charge on any atom is 0.123 e. The van der Waals surface area contributed by atoms with Crippen molar-refractivity contribution in [3.63, 3.8) is 0 Å². The van der Waals surface area contributed by atoms with Crippen molar-refractivity contribution in [3.05, 3.63) is 29.3 Å². The van der Waals surface area contributed by atoms with Crippen LogP contribution in [0.25, 0.3) is 0 Å². The molecule has 1 aromatic carbocycles. The Bertz CT molecular complexity index is 406. The lowest BCUT2D eigenvalue weighted by Crippen LogP contribution is -2.34. The van der Waals surface area contributed by atoms with E-state index < -0.39 is 0 Å². The van der Waals surface area contributed by atoms with E-state index in [-0.39, 0.29) is 5.41 Å². The molecule has 1 unspecified atom stereocenters. The van der Waals surface area contributed by atoms with Crippen LogP contribution in [-0.4, -0.2) is 6.61 Å². The minimum atomic E-state index is 0.262. The summed E-state index contributed by atoms with van der Waals surface area (Å²) in [6.45, 7) is 12.4. The highest BCUT2D eigenvalue weighted by Crippen LogP contribution is 2.44. The summed E-state index contributed by atoms with van der Waals surface area (Å²) in [4.78, 5) is 0. The Balaban J connectivity index is 2.52. The Hall–Kier alpha value is -0.980. The van der Waals surface area contributed by atoms with Gasteiger partial charge in [0.15, 0.2) is 0 Å². The van der Waals surface area contributed by atoms with Gasteiger partial charge in [-0.15, -0.1) is 0 Å². The fourth-order valence-electron chi connectivity index (χ4n) is 2.59. The molecule has 1 aliphatic rings. The summed E-state index contributed by atoms with van der Waals surface area (Å²) in [5.41, 5.74) is 3.09. The number of fused-ring (bicyclic) bond motifs is 1. The second kappa shape index (κ2) is 4.36. The van der Waals surface area contributed by atoms with Crippen LogP contribution in [-0.2, 0) is 5.41 Å². The van der Waals surface area contributed by atoms with Crippen LogP contribution in [0.3, 0.4) is 0 Å². The monoisotopic (exact) mass is 232 g/mol. The molecule has 0 bridgehead atoms. The van der Waals surface area contributed by atoms with Crippen molar-refractivity contribution in [2.24, 2.45) is 5.92 Å². The summed E-state index contributed by atoms with van der Waals surface area (Å²) >= 11 is 0. The van der Waals surface area contributed by atoms with E-state index in [0.717, 1.165) is 18.8 Å². The molecule has 2 rings (SSSR count). The highest BCUT2D eigenvalue weighted by molar-refractivity contribution is 5.44. The topological polar surface area (TPSA) is 9.23 Å². The second-order valence-electron chi connectivity index (χ2n) is 6.08. The first-order valence-corrected chi connectivity index (χ1v) is 6.72. The number of ether oxygens (including phenoxy) is 1. The fraction of sp³-hybridized carbons (Fsp3) is 0.625. The van der Waals surface area contributed by atoms with Crippen molar-refractivity contribution < 1.29 is 4.74 Å². The van der Waals surface area contributed by atoms with Crippen LogP contribution in [0.15, 0.2) is 18.2 Å². The fourth-order valence-corrected chi connectivity index (χ4v) is 2.59. The summed E-state index contributed by atoms with van der Waals surface area (Å²) in [7, 11) is 0. The zero-order valence-corrected chi connectivity index (χ0v) is 11.7. The molecule has 0 aliphatic carbocycles. The van der Waals surface area contributed by atoms with Gasteiger partial charge in [-0.1, -0.05) is 46.8 Å².